The second kappa shape index (κ2) is 7.09. The van der Waals surface area contributed by atoms with Gasteiger partial charge in [-0.05, 0) is 12.1 Å². The maximum absolute atomic E-state index is 11.2. The molecule has 1 aliphatic heterocycles. The summed E-state index contributed by atoms with van der Waals surface area (Å²) in [6.45, 7) is 6.01. The first kappa shape index (κ1) is 14.6. The molecule has 0 bridgehead atoms. The van der Waals surface area contributed by atoms with E-state index in [0.717, 1.165) is 45.0 Å². The van der Waals surface area contributed by atoms with E-state index >= 15 is 0 Å². The van der Waals surface area contributed by atoms with Gasteiger partial charge in [-0.1, -0.05) is 18.2 Å². The van der Waals surface area contributed by atoms with Crippen LogP contribution >= 0.6 is 0 Å². The van der Waals surface area contributed by atoms with Crippen molar-refractivity contribution in [1.29, 1.82) is 0 Å². The van der Waals surface area contributed by atoms with Gasteiger partial charge in [0.2, 0.25) is 0 Å². The summed E-state index contributed by atoms with van der Waals surface area (Å²) in [7, 11) is 0. The number of H-pyrrole nitrogens is 1. The maximum Gasteiger partial charge on any atom is 0.266 e. The normalized spacial score (nSPS) is 15.7. The third-order valence-corrected chi connectivity index (χ3v) is 3.92. The molecule has 0 radical (unpaired) electrons. The molecule has 0 amide bonds. The number of rotatable bonds is 5. The molecular formula is C16H21N5O. The van der Waals surface area contributed by atoms with Crippen molar-refractivity contribution in [3.63, 3.8) is 0 Å². The molecule has 6 nitrogen and oxygen atoms in total. The van der Waals surface area contributed by atoms with Crippen LogP contribution in [0.1, 0.15) is 0 Å². The molecule has 1 aliphatic rings. The average Bonchev–Trinajstić information content (AvgIpc) is 2.56. The molecule has 2 aromatic rings. The molecule has 22 heavy (non-hydrogen) atoms. The van der Waals surface area contributed by atoms with Gasteiger partial charge < -0.3 is 10.2 Å². The molecule has 1 aromatic carbocycles. The summed E-state index contributed by atoms with van der Waals surface area (Å²) >= 11 is 0. The van der Waals surface area contributed by atoms with E-state index < -0.39 is 0 Å². The summed E-state index contributed by atoms with van der Waals surface area (Å²) in [6, 6.07) is 12.1. The molecule has 1 saturated heterocycles. The fraction of sp³-hybridized carbons (Fsp3) is 0.375. The highest BCUT2D eigenvalue weighted by molar-refractivity contribution is 5.46. The Hall–Kier alpha value is -2.34. The number of piperazine rings is 1. The number of aromatic amines is 1. The minimum absolute atomic E-state index is 0.179. The van der Waals surface area contributed by atoms with Gasteiger partial charge in [0.25, 0.3) is 5.56 Å². The van der Waals surface area contributed by atoms with Gasteiger partial charge >= 0.3 is 0 Å². The summed E-state index contributed by atoms with van der Waals surface area (Å²) < 4.78 is 0. The van der Waals surface area contributed by atoms with Gasteiger partial charge in [-0.25, -0.2) is 5.10 Å². The van der Waals surface area contributed by atoms with Crippen LogP contribution < -0.4 is 15.8 Å². The molecule has 1 fully saturated rings. The zero-order valence-corrected chi connectivity index (χ0v) is 12.5. The number of nitrogens with zero attached hydrogens (tertiary/aromatic N) is 3. The number of benzene rings is 1. The summed E-state index contributed by atoms with van der Waals surface area (Å²) in [5, 5.41) is 9.38. The Morgan fingerprint density at radius 2 is 1.91 bits per heavy atom. The molecule has 2 heterocycles. The molecule has 116 valence electrons. The van der Waals surface area contributed by atoms with Crippen molar-refractivity contribution in [3.05, 3.63) is 52.9 Å². The number of aromatic nitrogens is 2. The SMILES string of the molecule is O=c1cc(NCCN2CCN(c3ccccc3)CC2)cn[nH]1. The Labute approximate surface area is 129 Å². The van der Waals surface area contributed by atoms with Crippen LogP contribution in [0.3, 0.4) is 0 Å². The van der Waals surface area contributed by atoms with Crippen molar-refractivity contribution < 1.29 is 0 Å². The van der Waals surface area contributed by atoms with Crippen LogP contribution in [0.15, 0.2) is 47.4 Å². The van der Waals surface area contributed by atoms with E-state index in [-0.39, 0.29) is 5.56 Å². The van der Waals surface area contributed by atoms with E-state index in [1.807, 2.05) is 0 Å². The monoisotopic (exact) mass is 299 g/mol. The number of hydrogen-bond acceptors (Lipinski definition) is 5. The number of anilines is 2. The second-order valence-electron chi connectivity index (χ2n) is 5.42. The fourth-order valence-corrected chi connectivity index (χ4v) is 2.70. The lowest BCUT2D eigenvalue weighted by Gasteiger charge is -2.36. The quantitative estimate of drug-likeness (QED) is 0.862. The van der Waals surface area contributed by atoms with Crippen molar-refractivity contribution in [3.8, 4) is 0 Å². The first-order valence-electron chi connectivity index (χ1n) is 7.62. The van der Waals surface area contributed by atoms with E-state index in [1.54, 1.807) is 6.20 Å². The predicted octanol–water partition coefficient (Wildman–Crippen LogP) is 1.00. The maximum atomic E-state index is 11.2. The van der Waals surface area contributed by atoms with Gasteiger partial charge in [-0.3, -0.25) is 9.69 Å². The Kier molecular flexibility index (Phi) is 4.70. The van der Waals surface area contributed by atoms with Crippen LogP contribution in [0.5, 0.6) is 0 Å². The van der Waals surface area contributed by atoms with Crippen LogP contribution in [0.25, 0.3) is 0 Å². The zero-order chi connectivity index (χ0) is 15.2. The van der Waals surface area contributed by atoms with E-state index in [2.05, 4.69) is 55.6 Å². The third-order valence-electron chi connectivity index (χ3n) is 3.92. The Balaban J connectivity index is 1.42. The highest BCUT2D eigenvalue weighted by Gasteiger charge is 2.16. The van der Waals surface area contributed by atoms with Gasteiger partial charge in [0.15, 0.2) is 0 Å². The molecule has 6 heteroatoms. The standard InChI is InChI=1S/C16H21N5O/c22-16-12-14(13-18-19-16)17-6-7-20-8-10-21(11-9-20)15-4-2-1-3-5-15/h1-5,12-13H,6-11H2,(H2,17,19,22). The third kappa shape index (κ3) is 3.85. The highest BCUT2D eigenvalue weighted by atomic mass is 16.1. The summed E-state index contributed by atoms with van der Waals surface area (Å²) in [6.07, 6.45) is 1.63. The van der Waals surface area contributed by atoms with Crippen molar-refractivity contribution >= 4 is 11.4 Å². The molecule has 0 saturated carbocycles. The minimum Gasteiger partial charge on any atom is -0.382 e. The fourth-order valence-electron chi connectivity index (χ4n) is 2.70. The lowest BCUT2D eigenvalue weighted by molar-refractivity contribution is 0.267. The van der Waals surface area contributed by atoms with Gasteiger partial charge in [0, 0.05) is 51.0 Å². The zero-order valence-electron chi connectivity index (χ0n) is 12.5. The van der Waals surface area contributed by atoms with Crippen LogP contribution in [0, 0.1) is 0 Å². The Morgan fingerprint density at radius 3 is 2.64 bits per heavy atom. The molecule has 2 N–H and O–H groups in total. The Morgan fingerprint density at radius 1 is 1.14 bits per heavy atom. The summed E-state index contributed by atoms with van der Waals surface area (Å²) in [5.74, 6) is 0. The van der Waals surface area contributed by atoms with Crippen molar-refractivity contribution in [1.82, 2.24) is 15.1 Å². The molecular weight excluding hydrogens is 278 g/mol. The van der Waals surface area contributed by atoms with Crippen LogP contribution in [0.2, 0.25) is 0 Å². The number of hydrogen-bond donors (Lipinski definition) is 2. The van der Waals surface area contributed by atoms with Crippen LogP contribution in [-0.4, -0.2) is 54.4 Å². The van der Waals surface area contributed by atoms with E-state index in [0.29, 0.717) is 0 Å². The minimum atomic E-state index is -0.179. The van der Waals surface area contributed by atoms with Gasteiger partial charge in [0.05, 0.1) is 11.9 Å². The van der Waals surface area contributed by atoms with E-state index in [4.69, 9.17) is 0 Å². The number of para-hydroxylation sites is 1. The molecule has 3 rings (SSSR count). The summed E-state index contributed by atoms with van der Waals surface area (Å²) in [4.78, 5) is 16.0. The Bertz CT molecular complexity index is 634. The van der Waals surface area contributed by atoms with Crippen LogP contribution in [-0.2, 0) is 0 Å². The average molecular weight is 299 g/mol. The first-order valence-corrected chi connectivity index (χ1v) is 7.62. The van der Waals surface area contributed by atoms with Crippen molar-refractivity contribution in [2.75, 3.05) is 49.5 Å². The van der Waals surface area contributed by atoms with Crippen molar-refractivity contribution in [2.45, 2.75) is 0 Å². The van der Waals surface area contributed by atoms with Crippen LogP contribution in [0.4, 0.5) is 11.4 Å². The largest absolute Gasteiger partial charge is 0.382 e. The van der Waals surface area contributed by atoms with Crippen molar-refractivity contribution in [2.24, 2.45) is 0 Å². The summed E-state index contributed by atoms with van der Waals surface area (Å²) in [5.41, 5.74) is 1.89. The smallest absolute Gasteiger partial charge is 0.266 e. The van der Waals surface area contributed by atoms with Gasteiger partial charge in [-0.15, -0.1) is 0 Å². The van der Waals surface area contributed by atoms with Gasteiger partial charge in [0.1, 0.15) is 0 Å². The van der Waals surface area contributed by atoms with E-state index in [1.165, 1.54) is 11.8 Å². The molecule has 0 spiro atoms. The number of nitrogens with one attached hydrogen (secondary N) is 2. The molecule has 0 atom stereocenters. The van der Waals surface area contributed by atoms with Gasteiger partial charge in [-0.2, -0.15) is 5.10 Å². The second-order valence-corrected chi connectivity index (χ2v) is 5.42. The molecule has 1 aromatic heterocycles. The highest BCUT2D eigenvalue weighted by Crippen LogP contribution is 2.15. The molecule has 0 aliphatic carbocycles. The first-order chi connectivity index (χ1) is 10.8. The molecule has 0 unspecified atom stereocenters. The predicted molar refractivity (Wildman–Crippen MR) is 88.4 cm³/mol. The van der Waals surface area contributed by atoms with E-state index in [9.17, 15) is 4.79 Å². The lowest BCUT2D eigenvalue weighted by Crippen LogP contribution is -2.47. The topological polar surface area (TPSA) is 64.3 Å². The lowest BCUT2D eigenvalue weighted by atomic mass is 10.2.